The first-order valence-corrected chi connectivity index (χ1v) is 10.1. The molecule has 0 bridgehead atoms. The number of esters is 1. The van der Waals surface area contributed by atoms with E-state index in [2.05, 4.69) is 23.1 Å². The maximum absolute atomic E-state index is 11.5. The first kappa shape index (κ1) is 17.8. The summed E-state index contributed by atoms with van der Waals surface area (Å²) < 4.78 is 11.2. The minimum Gasteiger partial charge on any atom is -0.497 e. The van der Waals surface area contributed by atoms with Gasteiger partial charge in [0.05, 0.1) is 7.11 Å². The van der Waals surface area contributed by atoms with Gasteiger partial charge in [-0.2, -0.15) is 0 Å². The lowest BCUT2D eigenvalue weighted by Gasteiger charge is -2.52. The Morgan fingerprint density at radius 2 is 2.12 bits per heavy atom. The van der Waals surface area contributed by atoms with Gasteiger partial charge >= 0.3 is 5.97 Å². The summed E-state index contributed by atoms with van der Waals surface area (Å²) in [6.45, 7) is 5.14. The maximum Gasteiger partial charge on any atom is 0.302 e. The number of nitrogens with zero attached hydrogens (tertiary/aromatic N) is 1. The molecule has 1 aliphatic heterocycles. The van der Waals surface area contributed by atoms with Gasteiger partial charge in [0.25, 0.3) is 0 Å². The van der Waals surface area contributed by atoms with Gasteiger partial charge in [0, 0.05) is 25.4 Å². The molecule has 3 fully saturated rings. The number of carbonyl (C=O) groups excluding carboxylic acids is 1. The molecule has 1 aromatic carbocycles. The Labute approximate surface area is 156 Å². The molecule has 1 aromatic rings. The quantitative estimate of drug-likeness (QED) is 0.752. The first-order valence-electron chi connectivity index (χ1n) is 10.1. The third kappa shape index (κ3) is 3.62. The van der Waals surface area contributed by atoms with Crippen molar-refractivity contribution in [2.24, 2.45) is 11.8 Å². The van der Waals surface area contributed by atoms with Crippen LogP contribution in [-0.4, -0.2) is 43.7 Å². The lowest BCUT2D eigenvalue weighted by atomic mass is 9.58. The highest BCUT2D eigenvalue weighted by Crippen LogP contribution is 2.50. The highest BCUT2D eigenvalue weighted by atomic mass is 16.5. The summed E-state index contributed by atoms with van der Waals surface area (Å²) >= 11 is 0. The van der Waals surface area contributed by atoms with Gasteiger partial charge in [-0.15, -0.1) is 0 Å². The van der Waals surface area contributed by atoms with Crippen molar-refractivity contribution in [3.05, 3.63) is 29.8 Å². The molecule has 4 rings (SSSR count). The minimum atomic E-state index is -0.152. The standard InChI is InChI=1S/C22H31NO3/c1-16(24)26-21-9-8-19-15-23(14-17-6-7-17)11-10-22(19,13-21)18-4-3-5-20(12-18)25-2/h3-5,12,17,19,21H,6-11,13-15H2,1-2H3. The van der Waals surface area contributed by atoms with E-state index in [0.717, 1.165) is 43.9 Å². The molecule has 0 N–H and O–H groups in total. The zero-order chi connectivity index (χ0) is 18.1. The monoisotopic (exact) mass is 357 g/mol. The van der Waals surface area contributed by atoms with Gasteiger partial charge in [-0.3, -0.25) is 4.79 Å². The Morgan fingerprint density at radius 3 is 2.85 bits per heavy atom. The van der Waals surface area contributed by atoms with Crippen molar-refractivity contribution in [1.82, 2.24) is 4.90 Å². The van der Waals surface area contributed by atoms with Crippen LogP contribution in [0.2, 0.25) is 0 Å². The second kappa shape index (κ2) is 7.22. The molecule has 4 heteroatoms. The number of benzene rings is 1. The molecular formula is C22H31NO3. The lowest BCUT2D eigenvalue weighted by Crippen LogP contribution is -2.54. The van der Waals surface area contributed by atoms with Gasteiger partial charge in [0.15, 0.2) is 0 Å². The number of fused-ring (bicyclic) bond motifs is 1. The number of carbonyl (C=O) groups is 1. The van der Waals surface area contributed by atoms with E-state index in [9.17, 15) is 4.79 Å². The number of ether oxygens (including phenoxy) is 2. The van der Waals surface area contributed by atoms with Crippen LogP contribution in [-0.2, 0) is 14.9 Å². The van der Waals surface area contributed by atoms with Crippen LogP contribution in [0.3, 0.4) is 0 Å². The number of hydrogen-bond acceptors (Lipinski definition) is 4. The van der Waals surface area contributed by atoms with Crippen LogP contribution in [0, 0.1) is 11.8 Å². The fourth-order valence-corrected chi connectivity index (χ4v) is 5.27. The van der Waals surface area contributed by atoms with Crippen molar-refractivity contribution in [1.29, 1.82) is 0 Å². The molecule has 1 heterocycles. The van der Waals surface area contributed by atoms with Gasteiger partial charge in [-0.1, -0.05) is 12.1 Å². The van der Waals surface area contributed by atoms with Gasteiger partial charge in [0.1, 0.15) is 11.9 Å². The average Bonchev–Trinajstić information content (AvgIpc) is 3.45. The second-order valence-corrected chi connectivity index (χ2v) is 8.55. The van der Waals surface area contributed by atoms with E-state index in [1.807, 2.05) is 6.07 Å². The smallest absolute Gasteiger partial charge is 0.302 e. The van der Waals surface area contributed by atoms with Crippen molar-refractivity contribution in [2.45, 2.75) is 57.0 Å². The van der Waals surface area contributed by atoms with E-state index in [-0.39, 0.29) is 17.5 Å². The topological polar surface area (TPSA) is 38.8 Å². The molecule has 142 valence electrons. The lowest BCUT2D eigenvalue weighted by molar-refractivity contribution is -0.150. The van der Waals surface area contributed by atoms with Crippen molar-refractivity contribution in [2.75, 3.05) is 26.7 Å². The number of hydrogen-bond donors (Lipinski definition) is 0. The summed E-state index contributed by atoms with van der Waals surface area (Å²) in [4.78, 5) is 14.2. The minimum absolute atomic E-state index is 0.0462. The number of rotatable bonds is 5. The maximum atomic E-state index is 11.5. The zero-order valence-corrected chi connectivity index (χ0v) is 16.1. The summed E-state index contributed by atoms with van der Waals surface area (Å²) in [5.41, 5.74) is 1.47. The van der Waals surface area contributed by atoms with Gasteiger partial charge < -0.3 is 14.4 Å². The molecule has 4 nitrogen and oxygen atoms in total. The Hall–Kier alpha value is -1.55. The SMILES string of the molecule is COc1cccc(C23CCN(CC4CC4)CC2CCC(OC(C)=O)C3)c1. The predicted molar refractivity (Wildman–Crippen MR) is 101 cm³/mol. The summed E-state index contributed by atoms with van der Waals surface area (Å²) in [5.74, 6) is 2.34. The van der Waals surface area contributed by atoms with Crippen LogP contribution < -0.4 is 4.74 Å². The fourth-order valence-electron chi connectivity index (χ4n) is 5.27. The molecular weight excluding hydrogens is 326 g/mol. The number of likely N-dealkylation sites (tertiary alicyclic amines) is 1. The summed E-state index contributed by atoms with van der Waals surface area (Å²) in [6, 6.07) is 8.58. The van der Waals surface area contributed by atoms with Crippen LogP contribution >= 0.6 is 0 Å². The van der Waals surface area contributed by atoms with Crippen LogP contribution in [0.25, 0.3) is 0 Å². The third-order valence-corrected chi connectivity index (χ3v) is 6.75. The van der Waals surface area contributed by atoms with E-state index in [0.29, 0.717) is 5.92 Å². The van der Waals surface area contributed by atoms with Crippen molar-refractivity contribution >= 4 is 5.97 Å². The number of methoxy groups -OCH3 is 1. The first-order chi connectivity index (χ1) is 12.6. The average molecular weight is 357 g/mol. The molecule has 2 aliphatic carbocycles. The molecule has 1 saturated heterocycles. The Bertz CT molecular complexity index is 657. The highest BCUT2D eigenvalue weighted by molar-refractivity contribution is 5.66. The highest BCUT2D eigenvalue weighted by Gasteiger charge is 2.49. The largest absolute Gasteiger partial charge is 0.497 e. The van der Waals surface area contributed by atoms with E-state index >= 15 is 0 Å². The summed E-state index contributed by atoms with van der Waals surface area (Å²) in [6.07, 6.45) is 7.10. The fraction of sp³-hybridized carbons (Fsp3) is 0.682. The van der Waals surface area contributed by atoms with Gasteiger partial charge in [-0.25, -0.2) is 0 Å². The third-order valence-electron chi connectivity index (χ3n) is 6.75. The summed E-state index contributed by atoms with van der Waals surface area (Å²) in [5, 5.41) is 0. The van der Waals surface area contributed by atoms with Crippen molar-refractivity contribution < 1.29 is 14.3 Å². The molecule has 2 saturated carbocycles. The Morgan fingerprint density at radius 1 is 1.27 bits per heavy atom. The zero-order valence-electron chi connectivity index (χ0n) is 16.1. The van der Waals surface area contributed by atoms with Crippen LogP contribution in [0.1, 0.15) is 51.0 Å². The predicted octanol–water partition coefficient (Wildman–Crippen LogP) is 3.78. The van der Waals surface area contributed by atoms with Crippen molar-refractivity contribution in [3.8, 4) is 5.75 Å². The molecule has 0 spiro atoms. The molecule has 3 unspecified atom stereocenters. The summed E-state index contributed by atoms with van der Waals surface area (Å²) in [7, 11) is 1.73. The Balaban J connectivity index is 1.60. The number of piperidine rings is 1. The second-order valence-electron chi connectivity index (χ2n) is 8.55. The van der Waals surface area contributed by atoms with E-state index < -0.39 is 0 Å². The van der Waals surface area contributed by atoms with Crippen LogP contribution in [0.15, 0.2) is 24.3 Å². The molecule has 0 radical (unpaired) electrons. The van der Waals surface area contributed by atoms with E-state index in [1.165, 1.54) is 38.4 Å². The molecule has 0 aromatic heterocycles. The Kier molecular flexibility index (Phi) is 4.96. The van der Waals surface area contributed by atoms with Gasteiger partial charge in [-0.05, 0) is 74.6 Å². The molecule has 3 atom stereocenters. The van der Waals surface area contributed by atoms with Crippen LogP contribution in [0.4, 0.5) is 0 Å². The van der Waals surface area contributed by atoms with Gasteiger partial charge in [0.2, 0.25) is 0 Å². The van der Waals surface area contributed by atoms with E-state index in [4.69, 9.17) is 9.47 Å². The van der Waals surface area contributed by atoms with E-state index in [1.54, 1.807) is 7.11 Å². The molecule has 3 aliphatic rings. The van der Waals surface area contributed by atoms with Crippen LogP contribution in [0.5, 0.6) is 5.75 Å². The van der Waals surface area contributed by atoms with Crippen molar-refractivity contribution in [3.63, 3.8) is 0 Å². The molecule has 26 heavy (non-hydrogen) atoms. The normalized spacial score (nSPS) is 31.9. The molecule has 0 amide bonds.